The number of hydrogen-bond donors (Lipinski definition) is 1. The Bertz CT molecular complexity index is 232. The molecule has 0 aromatic carbocycles. The van der Waals surface area contributed by atoms with Gasteiger partial charge in [-0.25, -0.2) is 4.79 Å². The summed E-state index contributed by atoms with van der Waals surface area (Å²) < 4.78 is 4.65. The van der Waals surface area contributed by atoms with Gasteiger partial charge in [0.05, 0.1) is 6.61 Å². The molecule has 0 atom stereocenters. The number of hydrogen-bond acceptors (Lipinski definition) is 3. The molecule has 4 heteroatoms. The normalized spacial score (nSPS) is 18.3. The molecule has 1 rings (SSSR count). The Morgan fingerprint density at radius 3 is 2.25 bits per heavy atom. The third-order valence-electron chi connectivity index (χ3n) is 2.90. The number of carbonyl (C=O) groups is 2. The first-order valence-corrected chi connectivity index (χ1v) is 6.21. The second kappa shape index (κ2) is 7.25. The van der Waals surface area contributed by atoms with Crippen LogP contribution in [0.2, 0.25) is 0 Å². The van der Waals surface area contributed by atoms with Crippen molar-refractivity contribution < 1.29 is 14.3 Å². The predicted octanol–water partition coefficient (Wildman–Crippen LogP) is 1.78. The van der Waals surface area contributed by atoms with Gasteiger partial charge in [0.25, 0.3) is 0 Å². The first-order chi connectivity index (χ1) is 7.74. The average Bonchev–Trinajstić information content (AvgIpc) is 2.22. The molecule has 1 N–H and O–H groups in total. The highest BCUT2D eigenvalue weighted by Gasteiger charge is 2.19. The van der Waals surface area contributed by atoms with Crippen LogP contribution in [0.15, 0.2) is 0 Å². The average molecular weight is 227 g/mol. The molecular formula is C12H21NO3. The number of amides is 1. The van der Waals surface area contributed by atoms with Gasteiger partial charge in [-0.05, 0) is 19.8 Å². The number of rotatable bonds is 2. The molecule has 0 radical (unpaired) electrons. The first-order valence-electron chi connectivity index (χ1n) is 6.21. The molecule has 92 valence electrons. The van der Waals surface area contributed by atoms with Crippen LogP contribution in [0, 0.1) is 0 Å². The van der Waals surface area contributed by atoms with E-state index in [-0.39, 0.29) is 12.6 Å². The fourth-order valence-electron chi connectivity index (χ4n) is 2.04. The zero-order valence-corrected chi connectivity index (χ0v) is 9.96. The Kier molecular flexibility index (Phi) is 5.90. The summed E-state index contributed by atoms with van der Waals surface area (Å²) in [6.07, 6.45) is 7.97. The Morgan fingerprint density at radius 2 is 1.69 bits per heavy atom. The fourth-order valence-corrected chi connectivity index (χ4v) is 2.04. The smallest absolute Gasteiger partial charge is 0.396 e. The topological polar surface area (TPSA) is 55.4 Å². The summed E-state index contributed by atoms with van der Waals surface area (Å²) in [5.74, 6) is -1.35. The van der Waals surface area contributed by atoms with Crippen LogP contribution in [-0.2, 0) is 14.3 Å². The quantitative estimate of drug-likeness (QED) is 0.578. The van der Waals surface area contributed by atoms with E-state index in [9.17, 15) is 9.59 Å². The van der Waals surface area contributed by atoms with Crippen LogP contribution in [0.25, 0.3) is 0 Å². The van der Waals surface area contributed by atoms with Crippen LogP contribution < -0.4 is 5.32 Å². The summed E-state index contributed by atoms with van der Waals surface area (Å²) in [7, 11) is 0. The summed E-state index contributed by atoms with van der Waals surface area (Å²) in [4.78, 5) is 22.6. The molecule has 1 saturated carbocycles. The van der Waals surface area contributed by atoms with Crippen LogP contribution in [0.3, 0.4) is 0 Å². The summed E-state index contributed by atoms with van der Waals surface area (Å²) in [5.41, 5.74) is 0. The van der Waals surface area contributed by atoms with Crippen molar-refractivity contribution in [3.63, 3.8) is 0 Å². The molecular weight excluding hydrogens is 206 g/mol. The van der Waals surface area contributed by atoms with Gasteiger partial charge in [-0.1, -0.05) is 32.1 Å². The second-order valence-corrected chi connectivity index (χ2v) is 4.24. The van der Waals surface area contributed by atoms with Gasteiger partial charge in [0, 0.05) is 6.04 Å². The van der Waals surface area contributed by atoms with Crippen molar-refractivity contribution in [3.8, 4) is 0 Å². The zero-order chi connectivity index (χ0) is 11.8. The van der Waals surface area contributed by atoms with Gasteiger partial charge >= 0.3 is 11.9 Å². The zero-order valence-electron chi connectivity index (χ0n) is 9.96. The van der Waals surface area contributed by atoms with Crippen molar-refractivity contribution in [2.24, 2.45) is 0 Å². The highest BCUT2D eigenvalue weighted by atomic mass is 16.5. The molecule has 1 aliphatic rings. The highest BCUT2D eigenvalue weighted by molar-refractivity contribution is 6.32. The maximum Gasteiger partial charge on any atom is 0.396 e. The van der Waals surface area contributed by atoms with Gasteiger partial charge in [0.2, 0.25) is 0 Å². The minimum absolute atomic E-state index is 0.150. The van der Waals surface area contributed by atoms with Gasteiger partial charge in [-0.2, -0.15) is 0 Å². The van der Waals surface area contributed by atoms with Crippen LogP contribution in [0.5, 0.6) is 0 Å². The molecule has 0 aromatic rings. The molecule has 0 aliphatic heterocycles. The fraction of sp³-hybridized carbons (Fsp3) is 0.833. The van der Waals surface area contributed by atoms with Crippen molar-refractivity contribution in [1.29, 1.82) is 0 Å². The van der Waals surface area contributed by atoms with Crippen molar-refractivity contribution in [2.75, 3.05) is 6.61 Å². The molecule has 0 spiro atoms. The lowest BCUT2D eigenvalue weighted by Crippen LogP contribution is -2.40. The van der Waals surface area contributed by atoms with Gasteiger partial charge in [-0.15, -0.1) is 0 Å². The molecule has 4 nitrogen and oxygen atoms in total. The molecule has 0 aromatic heterocycles. The standard InChI is InChI=1S/C12H21NO3/c1-2-16-12(15)11(14)13-10-8-6-4-3-5-7-9-10/h10H,2-9H2,1H3,(H,13,14). The van der Waals surface area contributed by atoms with Crippen molar-refractivity contribution in [1.82, 2.24) is 5.32 Å². The van der Waals surface area contributed by atoms with E-state index in [1.165, 1.54) is 19.3 Å². The van der Waals surface area contributed by atoms with E-state index in [4.69, 9.17) is 0 Å². The molecule has 1 amide bonds. The Balaban J connectivity index is 2.32. The molecule has 0 heterocycles. The molecule has 1 fully saturated rings. The molecule has 1 aliphatic carbocycles. The second-order valence-electron chi connectivity index (χ2n) is 4.24. The van der Waals surface area contributed by atoms with E-state index in [0.29, 0.717) is 0 Å². The number of carbonyl (C=O) groups excluding carboxylic acids is 2. The summed E-state index contributed by atoms with van der Waals surface area (Å²) >= 11 is 0. The number of ether oxygens (including phenoxy) is 1. The lowest BCUT2D eigenvalue weighted by molar-refractivity contribution is -0.154. The largest absolute Gasteiger partial charge is 0.459 e. The predicted molar refractivity (Wildman–Crippen MR) is 60.9 cm³/mol. The van der Waals surface area contributed by atoms with Crippen LogP contribution >= 0.6 is 0 Å². The number of esters is 1. The maximum atomic E-state index is 11.4. The molecule has 0 saturated heterocycles. The third-order valence-corrected chi connectivity index (χ3v) is 2.90. The van der Waals surface area contributed by atoms with Crippen molar-refractivity contribution >= 4 is 11.9 Å². The molecule has 16 heavy (non-hydrogen) atoms. The van der Waals surface area contributed by atoms with Crippen LogP contribution in [0.1, 0.15) is 51.9 Å². The van der Waals surface area contributed by atoms with Gasteiger partial charge in [-0.3, -0.25) is 4.79 Å². The Hall–Kier alpha value is -1.06. The van der Waals surface area contributed by atoms with Crippen LogP contribution in [0.4, 0.5) is 0 Å². The van der Waals surface area contributed by atoms with Gasteiger partial charge < -0.3 is 10.1 Å². The molecule has 0 bridgehead atoms. The summed E-state index contributed by atoms with van der Waals surface area (Å²) in [6.45, 7) is 1.94. The van der Waals surface area contributed by atoms with E-state index in [1.807, 2.05) is 0 Å². The molecule has 0 unspecified atom stereocenters. The number of nitrogens with one attached hydrogen (secondary N) is 1. The van der Waals surface area contributed by atoms with Gasteiger partial charge in [0.1, 0.15) is 0 Å². The van der Waals surface area contributed by atoms with Crippen molar-refractivity contribution in [2.45, 2.75) is 57.9 Å². The van der Waals surface area contributed by atoms with Gasteiger partial charge in [0.15, 0.2) is 0 Å². The first kappa shape index (κ1) is 13.0. The van der Waals surface area contributed by atoms with Crippen molar-refractivity contribution in [3.05, 3.63) is 0 Å². The Labute approximate surface area is 96.7 Å². The maximum absolute atomic E-state index is 11.4. The Morgan fingerprint density at radius 1 is 1.12 bits per heavy atom. The van der Waals surface area contributed by atoms with E-state index >= 15 is 0 Å². The highest BCUT2D eigenvalue weighted by Crippen LogP contribution is 2.16. The lowest BCUT2D eigenvalue weighted by Gasteiger charge is -2.20. The SMILES string of the molecule is CCOC(=O)C(=O)NC1CCCCCCC1. The monoisotopic (exact) mass is 227 g/mol. The van der Waals surface area contributed by atoms with Crippen LogP contribution in [-0.4, -0.2) is 24.5 Å². The summed E-state index contributed by atoms with van der Waals surface area (Å²) in [5, 5.41) is 2.76. The van der Waals surface area contributed by atoms with E-state index in [2.05, 4.69) is 10.1 Å². The minimum atomic E-state index is -0.760. The summed E-state index contributed by atoms with van der Waals surface area (Å²) in [6, 6.07) is 0.150. The lowest BCUT2D eigenvalue weighted by atomic mass is 9.97. The minimum Gasteiger partial charge on any atom is -0.459 e. The third kappa shape index (κ3) is 4.64. The van der Waals surface area contributed by atoms with E-state index in [1.54, 1.807) is 6.92 Å². The van der Waals surface area contributed by atoms with E-state index < -0.39 is 11.9 Å². The van der Waals surface area contributed by atoms with E-state index in [0.717, 1.165) is 25.7 Å².